The van der Waals surface area contributed by atoms with E-state index < -0.39 is 0 Å². The Kier molecular flexibility index (Phi) is 5.98. The molecular formula is C10H6S4-2. The van der Waals surface area contributed by atoms with E-state index in [9.17, 15) is 0 Å². The molecule has 0 unspecified atom stereocenters. The maximum absolute atomic E-state index is 5.12. The number of hydrogen-bond donors (Lipinski definition) is 0. The van der Waals surface area contributed by atoms with Gasteiger partial charge in [0, 0.05) is 0 Å². The zero-order valence-corrected chi connectivity index (χ0v) is 10.5. The van der Waals surface area contributed by atoms with Crippen molar-refractivity contribution in [2.75, 3.05) is 11.5 Å². The van der Waals surface area contributed by atoms with Crippen LogP contribution in [0.25, 0.3) is 0 Å². The summed E-state index contributed by atoms with van der Waals surface area (Å²) in [6.07, 6.45) is 3.50. The summed E-state index contributed by atoms with van der Waals surface area (Å²) >= 11 is 13.3. The van der Waals surface area contributed by atoms with Crippen LogP contribution >= 0.6 is 23.5 Å². The van der Waals surface area contributed by atoms with E-state index in [1.54, 1.807) is 12.2 Å². The fourth-order valence-electron chi connectivity index (χ4n) is 0.606. The maximum Gasteiger partial charge on any atom is 0.0577 e. The van der Waals surface area contributed by atoms with Gasteiger partial charge >= 0.3 is 0 Å². The zero-order chi connectivity index (χ0) is 10.2. The third kappa shape index (κ3) is 4.83. The third-order valence-corrected chi connectivity index (χ3v) is 4.31. The van der Waals surface area contributed by atoms with Crippen molar-refractivity contribution in [3.63, 3.8) is 0 Å². The molecule has 0 aromatic heterocycles. The van der Waals surface area contributed by atoms with Crippen LogP contribution in [-0.2, 0) is 25.3 Å². The van der Waals surface area contributed by atoms with Crippen molar-refractivity contribution in [1.82, 2.24) is 0 Å². The van der Waals surface area contributed by atoms with Gasteiger partial charge in [-0.15, -0.1) is 23.5 Å². The molecule has 0 aliphatic carbocycles. The lowest BCUT2D eigenvalue weighted by atomic mass is 10.5. The van der Waals surface area contributed by atoms with Gasteiger partial charge in [0.25, 0.3) is 0 Å². The highest BCUT2D eigenvalue weighted by Crippen LogP contribution is 2.24. The Labute approximate surface area is 104 Å². The van der Waals surface area contributed by atoms with Crippen molar-refractivity contribution in [2.45, 2.75) is 0 Å². The minimum absolute atomic E-state index is 0.692. The predicted molar refractivity (Wildman–Crippen MR) is 71.4 cm³/mol. The lowest BCUT2D eigenvalue weighted by molar-refractivity contribution is 1.90. The SMILES string of the molecule is [S-]/C1=C(\[S-])SCC#C/C=C\C#CCS1. The summed E-state index contributed by atoms with van der Waals surface area (Å²) in [5.41, 5.74) is 0. The second-order valence-electron chi connectivity index (χ2n) is 2.13. The molecule has 0 amide bonds. The van der Waals surface area contributed by atoms with Crippen LogP contribution in [0.4, 0.5) is 0 Å². The van der Waals surface area contributed by atoms with Crippen LogP contribution in [-0.4, -0.2) is 11.5 Å². The minimum atomic E-state index is 0.692. The number of allylic oxidation sites excluding steroid dienone is 2. The standard InChI is InChI=1S/C10H8S4/c11-9-10(12)14-8-6-4-2-1-3-5-7-13-9/h1-2,11-12H,7-8H2/p-2/b2-1-,10-9-. The smallest absolute Gasteiger partial charge is 0.0577 e. The Bertz CT molecular complexity index is 334. The van der Waals surface area contributed by atoms with Crippen molar-refractivity contribution in [2.24, 2.45) is 0 Å². The van der Waals surface area contributed by atoms with E-state index in [0.29, 0.717) is 11.5 Å². The molecule has 0 saturated carbocycles. The molecule has 0 atom stereocenters. The van der Waals surface area contributed by atoms with Gasteiger partial charge in [-0.05, 0) is 12.2 Å². The van der Waals surface area contributed by atoms with Crippen LogP contribution in [0.15, 0.2) is 20.6 Å². The van der Waals surface area contributed by atoms with Gasteiger partial charge in [0.1, 0.15) is 0 Å². The lowest BCUT2D eigenvalue weighted by Crippen LogP contribution is -1.81. The number of rotatable bonds is 0. The van der Waals surface area contributed by atoms with Crippen molar-refractivity contribution in [3.8, 4) is 23.7 Å². The molecule has 72 valence electrons. The molecule has 1 aliphatic heterocycles. The maximum atomic E-state index is 5.12. The molecular weight excluding hydrogens is 248 g/mol. The normalized spacial score (nSPS) is 24.3. The molecule has 0 bridgehead atoms. The van der Waals surface area contributed by atoms with Gasteiger partial charge in [0.05, 0.1) is 11.5 Å². The average molecular weight is 254 g/mol. The summed E-state index contributed by atoms with van der Waals surface area (Å²) in [5.74, 6) is 13.0. The highest BCUT2D eigenvalue weighted by Gasteiger charge is 1.84. The van der Waals surface area contributed by atoms with Crippen LogP contribution < -0.4 is 0 Å². The molecule has 0 fully saturated rings. The Hall–Kier alpha value is -0.260. The zero-order valence-electron chi connectivity index (χ0n) is 7.20. The van der Waals surface area contributed by atoms with E-state index in [1.165, 1.54) is 23.5 Å². The Morgan fingerprint density at radius 2 is 1.36 bits per heavy atom. The van der Waals surface area contributed by atoms with Crippen LogP contribution in [0.2, 0.25) is 0 Å². The van der Waals surface area contributed by atoms with Gasteiger partial charge < -0.3 is 25.3 Å². The first-order chi connectivity index (χ1) is 6.80. The molecule has 4 heteroatoms. The summed E-state index contributed by atoms with van der Waals surface area (Å²) < 4.78 is 1.51. The first kappa shape index (κ1) is 11.8. The molecule has 1 heterocycles. The van der Waals surface area contributed by atoms with Crippen molar-refractivity contribution >= 4 is 48.8 Å². The molecule has 0 saturated heterocycles. The first-order valence-electron chi connectivity index (χ1n) is 3.76. The topological polar surface area (TPSA) is 0 Å². The average Bonchev–Trinajstić information content (AvgIpc) is 2.18. The van der Waals surface area contributed by atoms with Gasteiger partial charge in [-0.2, -0.15) is 8.47 Å². The Morgan fingerprint density at radius 3 is 1.79 bits per heavy atom. The van der Waals surface area contributed by atoms with E-state index in [2.05, 4.69) is 23.7 Å². The van der Waals surface area contributed by atoms with Crippen LogP contribution in [0.1, 0.15) is 0 Å². The van der Waals surface area contributed by atoms with Crippen molar-refractivity contribution < 1.29 is 0 Å². The number of hydrogen-bond acceptors (Lipinski definition) is 4. The summed E-state index contributed by atoms with van der Waals surface area (Å²) in [5, 5.41) is 0. The van der Waals surface area contributed by atoms with Gasteiger partial charge in [-0.25, -0.2) is 0 Å². The van der Waals surface area contributed by atoms with Gasteiger partial charge in [0.15, 0.2) is 0 Å². The fraction of sp³-hybridized carbons (Fsp3) is 0.200. The molecule has 14 heavy (non-hydrogen) atoms. The largest absolute Gasteiger partial charge is 0.774 e. The number of thioether (sulfide) groups is 2. The molecule has 0 spiro atoms. The summed E-state index contributed by atoms with van der Waals surface area (Å²) in [7, 11) is 0. The summed E-state index contributed by atoms with van der Waals surface area (Å²) in [6.45, 7) is 0. The quantitative estimate of drug-likeness (QED) is 0.480. The van der Waals surface area contributed by atoms with E-state index in [0.717, 1.165) is 8.47 Å². The van der Waals surface area contributed by atoms with Crippen LogP contribution in [0.5, 0.6) is 0 Å². The first-order valence-corrected chi connectivity index (χ1v) is 6.55. The van der Waals surface area contributed by atoms with E-state index in [-0.39, 0.29) is 0 Å². The van der Waals surface area contributed by atoms with Gasteiger partial charge in [-0.3, -0.25) is 0 Å². The van der Waals surface area contributed by atoms with Crippen LogP contribution in [0.3, 0.4) is 0 Å². The Morgan fingerprint density at radius 1 is 0.929 bits per heavy atom. The molecule has 0 nitrogen and oxygen atoms in total. The van der Waals surface area contributed by atoms with Crippen molar-refractivity contribution in [1.29, 1.82) is 0 Å². The van der Waals surface area contributed by atoms with Crippen molar-refractivity contribution in [3.05, 3.63) is 20.6 Å². The lowest BCUT2D eigenvalue weighted by Gasteiger charge is -2.22. The highest BCUT2D eigenvalue weighted by molar-refractivity contribution is 8.16. The van der Waals surface area contributed by atoms with Crippen LogP contribution in [0, 0.1) is 23.7 Å². The molecule has 0 aromatic rings. The van der Waals surface area contributed by atoms with E-state index in [4.69, 9.17) is 25.3 Å². The van der Waals surface area contributed by atoms with E-state index in [1.807, 2.05) is 0 Å². The Balaban J connectivity index is 2.71. The van der Waals surface area contributed by atoms with Gasteiger partial charge in [0.2, 0.25) is 0 Å². The highest BCUT2D eigenvalue weighted by atomic mass is 32.2. The molecule has 0 aromatic carbocycles. The second-order valence-corrected chi connectivity index (χ2v) is 5.43. The monoisotopic (exact) mass is 254 g/mol. The molecule has 0 radical (unpaired) electrons. The third-order valence-electron chi connectivity index (χ3n) is 1.17. The summed E-state index contributed by atoms with van der Waals surface area (Å²) in [4.78, 5) is 0. The molecule has 0 N–H and O–H groups in total. The minimum Gasteiger partial charge on any atom is -0.774 e. The predicted octanol–water partition coefficient (Wildman–Crippen LogP) is 2.25. The summed E-state index contributed by atoms with van der Waals surface area (Å²) in [6, 6.07) is 0. The fourth-order valence-corrected chi connectivity index (χ4v) is 2.48. The van der Waals surface area contributed by atoms with Gasteiger partial charge in [-0.1, -0.05) is 23.7 Å². The second kappa shape index (κ2) is 7.09. The molecule has 1 rings (SSSR count). The molecule has 1 aliphatic rings. The van der Waals surface area contributed by atoms with E-state index >= 15 is 0 Å².